The van der Waals surface area contributed by atoms with Crippen LogP contribution in [0.25, 0.3) is 11.3 Å². The summed E-state index contributed by atoms with van der Waals surface area (Å²) in [5.41, 5.74) is 6.91. The number of anilines is 1. The summed E-state index contributed by atoms with van der Waals surface area (Å²) in [6, 6.07) is 5.17. The standard InChI is InChI=1S/C28H34F2N4O2/c1-4-7-18-36-24-15-12-19(29)25(26(24)30)22-14-13-20(31)27(32-22)28(35)33-21(6-3)23(11-5-2)34-16-9-8-10-17-34/h5-6,11-15H,3-4,7-10,16-18,31H2,1-2H3,(H,33,35)/b11-5-,23-21-. The first kappa shape index (κ1) is 26.9. The number of halogens is 2. The molecule has 36 heavy (non-hydrogen) atoms. The third kappa shape index (κ3) is 6.30. The Hall–Kier alpha value is -3.68. The molecule has 1 aromatic heterocycles. The lowest BCUT2D eigenvalue weighted by Gasteiger charge is -2.31. The van der Waals surface area contributed by atoms with Crippen molar-refractivity contribution < 1.29 is 18.3 Å². The molecule has 8 heteroatoms. The molecule has 2 heterocycles. The third-order valence-electron chi connectivity index (χ3n) is 5.96. The number of likely N-dealkylation sites (tertiary alicyclic amines) is 1. The molecule has 3 N–H and O–H groups in total. The summed E-state index contributed by atoms with van der Waals surface area (Å²) in [5, 5.41) is 2.83. The van der Waals surface area contributed by atoms with Crippen molar-refractivity contribution in [1.29, 1.82) is 0 Å². The van der Waals surface area contributed by atoms with Crippen molar-refractivity contribution in [3.8, 4) is 17.0 Å². The minimum Gasteiger partial charge on any atom is -0.490 e. The van der Waals surface area contributed by atoms with Crippen LogP contribution in [0.1, 0.15) is 56.4 Å². The van der Waals surface area contributed by atoms with Crippen LogP contribution in [-0.2, 0) is 0 Å². The van der Waals surface area contributed by atoms with Crippen molar-refractivity contribution in [1.82, 2.24) is 15.2 Å². The number of hydrogen-bond acceptors (Lipinski definition) is 5. The molecule has 6 nitrogen and oxygen atoms in total. The van der Waals surface area contributed by atoms with E-state index in [1.165, 1.54) is 24.6 Å². The highest BCUT2D eigenvalue weighted by Gasteiger charge is 2.22. The number of nitrogens with one attached hydrogen (secondary N) is 1. The van der Waals surface area contributed by atoms with Crippen molar-refractivity contribution in [2.75, 3.05) is 25.4 Å². The molecule has 0 saturated carbocycles. The first-order valence-electron chi connectivity index (χ1n) is 12.3. The molecule has 0 atom stereocenters. The average molecular weight is 497 g/mol. The number of pyridine rings is 1. The van der Waals surface area contributed by atoms with E-state index in [0.717, 1.165) is 50.5 Å². The Morgan fingerprint density at radius 1 is 1.22 bits per heavy atom. The number of carbonyl (C=O) groups is 1. The van der Waals surface area contributed by atoms with E-state index in [9.17, 15) is 9.18 Å². The van der Waals surface area contributed by atoms with Gasteiger partial charge in [0.05, 0.1) is 34.9 Å². The van der Waals surface area contributed by atoms with E-state index >= 15 is 4.39 Å². The van der Waals surface area contributed by atoms with E-state index < -0.39 is 17.5 Å². The highest BCUT2D eigenvalue weighted by Crippen LogP contribution is 2.32. The minimum absolute atomic E-state index is 0.0564. The van der Waals surface area contributed by atoms with Crippen molar-refractivity contribution in [2.24, 2.45) is 0 Å². The number of carbonyl (C=O) groups excluding carboxylic acids is 1. The molecule has 1 fully saturated rings. The molecule has 3 rings (SSSR count). The summed E-state index contributed by atoms with van der Waals surface area (Å²) >= 11 is 0. The molecule has 0 unspecified atom stereocenters. The van der Waals surface area contributed by atoms with Gasteiger partial charge >= 0.3 is 0 Å². The van der Waals surface area contributed by atoms with Gasteiger partial charge in [0.25, 0.3) is 5.91 Å². The summed E-state index contributed by atoms with van der Waals surface area (Å²) in [5.74, 6) is -2.36. The molecule has 0 radical (unpaired) electrons. The van der Waals surface area contributed by atoms with Crippen molar-refractivity contribution >= 4 is 11.6 Å². The van der Waals surface area contributed by atoms with Gasteiger partial charge in [0, 0.05) is 13.1 Å². The van der Waals surface area contributed by atoms with Gasteiger partial charge in [-0.25, -0.2) is 13.8 Å². The van der Waals surface area contributed by atoms with E-state index in [4.69, 9.17) is 10.5 Å². The average Bonchev–Trinajstić information content (AvgIpc) is 2.89. The second-order valence-corrected chi connectivity index (χ2v) is 8.58. The van der Waals surface area contributed by atoms with E-state index in [2.05, 4.69) is 21.8 Å². The van der Waals surface area contributed by atoms with Gasteiger partial charge in [-0.05, 0) is 69.0 Å². The number of nitrogens with two attached hydrogens (primary N) is 1. The van der Waals surface area contributed by atoms with E-state index in [1.807, 2.05) is 26.0 Å². The van der Waals surface area contributed by atoms with Gasteiger partial charge in [0.1, 0.15) is 5.82 Å². The van der Waals surface area contributed by atoms with Gasteiger partial charge in [0.15, 0.2) is 17.3 Å². The molecular weight excluding hydrogens is 462 g/mol. The van der Waals surface area contributed by atoms with Gasteiger partial charge in [-0.2, -0.15) is 0 Å². The fourth-order valence-electron chi connectivity index (χ4n) is 4.06. The monoisotopic (exact) mass is 496 g/mol. The summed E-state index contributed by atoms with van der Waals surface area (Å²) in [7, 11) is 0. The Balaban J connectivity index is 1.96. The predicted octanol–water partition coefficient (Wildman–Crippen LogP) is 5.98. The van der Waals surface area contributed by atoms with E-state index in [0.29, 0.717) is 12.3 Å². The van der Waals surface area contributed by atoms with Crippen LogP contribution in [0.2, 0.25) is 0 Å². The molecule has 0 aliphatic carbocycles. The van der Waals surface area contributed by atoms with E-state index in [-0.39, 0.29) is 28.4 Å². The van der Waals surface area contributed by atoms with Crippen LogP contribution in [-0.4, -0.2) is 35.5 Å². The number of benzene rings is 1. The number of ether oxygens (including phenoxy) is 1. The molecule has 1 aliphatic rings. The second kappa shape index (κ2) is 12.9. The van der Waals surface area contributed by atoms with Gasteiger partial charge < -0.3 is 20.7 Å². The number of aromatic nitrogens is 1. The Kier molecular flexibility index (Phi) is 9.61. The maximum atomic E-state index is 15.2. The minimum atomic E-state index is -0.873. The number of unbranched alkanes of at least 4 members (excludes halogenated alkanes) is 1. The molecule has 0 bridgehead atoms. The van der Waals surface area contributed by atoms with Crippen LogP contribution in [0.3, 0.4) is 0 Å². The molecule has 1 aromatic carbocycles. The Morgan fingerprint density at radius 2 is 1.97 bits per heavy atom. The molecule has 1 aliphatic heterocycles. The second-order valence-electron chi connectivity index (χ2n) is 8.58. The normalized spacial score (nSPS) is 14.5. The molecule has 1 amide bonds. The van der Waals surface area contributed by atoms with Gasteiger partial charge in [-0.3, -0.25) is 4.79 Å². The Morgan fingerprint density at radius 3 is 2.64 bits per heavy atom. The number of amides is 1. The van der Waals surface area contributed by atoms with Crippen molar-refractivity contribution in [3.05, 3.63) is 77.8 Å². The van der Waals surface area contributed by atoms with Gasteiger partial charge in [0.2, 0.25) is 0 Å². The van der Waals surface area contributed by atoms with Crippen LogP contribution in [0, 0.1) is 11.6 Å². The Labute approximate surface area is 211 Å². The predicted molar refractivity (Wildman–Crippen MR) is 139 cm³/mol. The Bertz CT molecular complexity index is 1150. The van der Waals surface area contributed by atoms with Gasteiger partial charge in [-0.1, -0.05) is 26.0 Å². The highest BCUT2D eigenvalue weighted by molar-refractivity contribution is 5.99. The number of hydrogen-bond donors (Lipinski definition) is 2. The van der Waals surface area contributed by atoms with Gasteiger partial charge in [-0.15, -0.1) is 0 Å². The van der Waals surface area contributed by atoms with Crippen LogP contribution in [0.15, 0.2) is 60.5 Å². The first-order chi connectivity index (χ1) is 17.4. The summed E-state index contributed by atoms with van der Waals surface area (Å²) < 4.78 is 35.3. The largest absolute Gasteiger partial charge is 0.490 e. The zero-order valence-corrected chi connectivity index (χ0v) is 20.9. The lowest BCUT2D eigenvalue weighted by Crippen LogP contribution is -2.33. The maximum absolute atomic E-state index is 15.2. The van der Waals surface area contributed by atoms with E-state index in [1.54, 1.807) is 6.08 Å². The number of nitrogens with zero attached hydrogens (tertiary/aromatic N) is 2. The highest BCUT2D eigenvalue weighted by atomic mass is 19.1. The zero-order valence-electron chi connectivity index (χ0n) is 20.9. The fraction of sp³-hybridized carbons (Fsp3) is 0.357. The zero-order chi connectivity index (χ0) is 26.1. The van der Waals surface area contributed by atoms with Crippen molar-refractivity contribution in [2.45, 2.75) is 46.0 Å². The SMILES string of the molecule is C=C/C(NC(=O)c1nc(-c2c(F)ccc(OCCCC)c2F)ccc1N)=C(\C=C/C)N1CCCCC1. The molecular formula is C28H34F2N4O2. The third-order valence-corrected chi connectivity index (χ3v) is 5.96. The summed E-state index contributed by atoms with van der Waals surface area (Å²) in [6.07, 6.45) is 10.3. The van der Waals surface area contributed by atoms with Crippen LogP contribution >= 0.6 is 0 Å². The maximum Gasteiger partial charge on any atom is 0.276 e. The van der Waals surface area contributed by atoms with Crippen LogP contribution in [0.5, 0.6) is 5.75 Å². The lowest BCUT2D eigenvalue weighted by molar-refractivity contribution is 0.0962. The lowest BCUT2D eigenvalue weighted by atomic mass is 10.1. The number of piperidine rings is 1. The summed E-state index contributed by atoms with van der Waals surface area (Å²) in [4.78, 5) is 19.7. The first-order valence-corrected chi connectivity index (χ1v) is 12.3. The van der Waals surface area contributed by atoms with Crippen LogP contribution < -0.4 is 15.8 Å². The number of nitrogen functional groups attached to an aromatic ring is 1. The van der Waals surface area contributed by atoms with Crippen LogP contribution in [0.4, 0.5) is 14.5 Å². The van der Waals surface area contributed by atoms with Crippen molar-refractivity contribution in [3.63, 3.8) is 0 Å². The number of allylic oxidation sites excluding steroid dienone is 3. The smallest absolute Gasteiger partial charge is 0.276 e. The fourth-order valence-corrected chi connectivity index (χ4v) is 4.06. The molecule has 192 valence electrons. The topological polar surface area (TPSA) is 80.5 Å². The quantitative estimate of drug-likeness (QED) is 0.313. The molecule has 1 saturated heterocycles. The number of rotatable bonds is 10. The molecule has 0 spiro atoms. The molecule has 2 aromatic rings. The summed E-state index contributed by atoms with van der Waals surface area (Å²) in [6.45, 7) is 9.80.